The van der Waals surface area contributed by atoms with Gasteiger partial charge in [-0.2, -0.15) is 4.31 Å². The SMILES string of the molecule is CCN1CCN(S(=O)(=O)CCNC(=O)c2ccccc2F)CC1.Cl. The molecule has 1 amide bonds. The molecule has 0 atom stereocenters. The van der Waals surface area contributed by atoms with Crippen LogP contribution in [0.4, 0.5) is 4.39 Å². The van der Waals surface area contributed by atoms with Gasteiger partial charge in [0.15, 0.2) is 0 Å². The zero-order valence-electron chi connectivity index (χ0n) is 13.6. The number of amides is 1. The van der Waals surface area contributed by atoms with Crippen LogP contribution < -0.4 is 5.32 Å². The highest BCUT2D eigenvalue weighted by molar-refractivity contribution is 7.89. The first-order valence-corrected chi connectivity index (χ1v) is 9.28. The lowest BCUT2D eigenvalue weighted by Crippen LogP contribution is -2.49. The second-order valence-electron chi connectivity index (χ2n) is 5.39. The predicted molar refractivity (Wildman–Crippen MR) is 93.5 cm³/mol. The Labute approximate surface area is 148 Å². The van der Waals surface area contributed by atoms with Gasteiger partial charge >= 0.3 is 0 Å². The first kappa shape index (κ1) is 20.8. The normalized spacial score (nSPS) is 16.4. The zero-order chi connectivity index (χ0) is 16.9. The largest absolute Gasteiger partial charge is 0.351 e. The lowest BCUT2D eigenvalue weighted by atomic mass is 10.2. The fourth-order valence-corrected chi connectivity index (χ4v) is 3.82. The second-order valence-corrected chi connectivity index (χ2v) is 7.47. The third-order valence-corrected chi connectivity index (χ3v) is 5.81. The van der Waals surface area contributed by atoms with Crippen LogP contribution in [0, 0.1) is 5.82 Å². The molecule has 1 aromatic carbocycles. The van der Waals surface area contributed by atoms with E-state index in [4.69, 9.17) is 0 Å². The zero-order valence-corrected chi connectivity index (χ0v) is 15.2. The van der Waals surface area contributed by atoms with Crippen LogP contribution in [0.1, 0.15) is 17.3 Å². The molecule has 9 heteroatoms. The average Bonchev–Trinajstić information content (AvgIpc) is 2.55. The van der Waals surface area contributed by atoms with Gasteiger partial charge in [0.2, 0.25) is 10.0 Å². The fraction of sp³-hybridized carbons (Fsp3) is 0.533. The Bertz CT molecular complexity index is 649. The molecule has 2 rings (SSSR count). The van der Waals surface area contributed by atoms with Crippen LogP contribution in [0.3, 0.4) is 0 Å². The molecule has 1 aliphatic rings. The Morgan fingerprint density at radius 2 is 1.83 bits per heavy atom. The third-order valence-electron chi connectivity index (χ3n) is 3.94. The molecule has 0 bridgehead atoms. The van der Waals surface area contributed by atoms with Crippen molar-refractivity contribution in [1.82, 2.24) is 14.5 Å². The molecule has 1 aliphatic heterocycles. The Morgan fingerprint density at radius 3 is 2.42 bits per heavy atom. The van der Waals surface area contributed by atoms with E-state index in [1.54, 1.807) is 6.07 Å². The van der Waals surface area contributed by atoms with Crippen LogP contribution in [0.15, 0.2) is 24.3 Å². The van der Waals surface area contributed by atoms with Gasteiger partial charge in [-0.3, -0.25) is 4.79 Å². The van der Waals surface area contributed by atoms with Crippen molar-refractivity contribution in [2.75, 3.05) is 45.0 Å². The minimum absolute atomic E-state index is 0. The average molecular weight is 380 g/mol. The molecule has 0 unspecified atom stereocenters. The highest BCUT2D eigenvalue weighted by Crippen LogP contribution is 2.08. The van der Waals surface area contributed by atoms with E-state index in [0.717, 1.165) is 19.6 Å². The van der Waals surface area contributed by atoms with Crippen molar-refractivity contribution >= 4 is 28.3 Å². The topological polar surface area (TPSA) is 69.7 Å². The molecule has 0 saturated carbocycles. The van der Waals surface area contributed by atoms with E-state index in [1.165, 1.54) is 22.5 Å². The molecule has 136 valence electrons. The minimum Gasteiger partial charge on any atom is -0.351 e. The number of sulfonamides is 1. The summed E-state index contributed by atoms with van der Waals surface area (Å²) in [5.74, 6) is -1.41. The number of halogens is 2. The van der Waals surface area contributed by atoms with Crippen LogP contribution in [0.25, 0.3) is 0 Å². The van der Waals surface area contributed by atoms with Crippen molar-refractivity contribution in [2.24, 2.45) is 0 Å². The van der Waals surface area contributed by atoms with E-state index in [2.05, 4.69) is 10.2 Å². The van der Waals surface area contributed by atoms with Gasteiger partial charge in [-0.25, -0.2) is 12.8 Å². The number of hydrogen-bond donors (Lipinski definition) is 1. The highest BCUT2D eigenvalue weighted by atomic mass is 35.5. The predicted octanol–water partition coefficient (Wildman–Crippen LogP) is 0.945. The molecule has 6 nitrogen and oxygen atoms in total. The van der Waals surface area contributed by atoms with Gasteiger partial charge in [0, 0.05) is 32.7 Å². The first-order valence-electron chi connectivity index (χ1n) is 7.67. The molecule has 1 saturated heterocycles. The van der Waals surface area contributed by atoms with Crippen molar-refractivity contribution in [3.8, 4) is 0 Å². The third kappa shape index (κ3) is 5.41. The van der Waals surface area contributed by atoms with Crippen molar-refractivity contribution in [3.05, 3.63) is 35.6 Å². The lowest BCUT2D eigenvalue weighted by molar-refractivity contribution is 0.0952. The summed E-state index contributed by atoms with van der Waals surface area (Å²) in [4.78, 5) is 14.0. The minimum atomic E-state index is -3.40. The molecular formula is C15H23ClFN3O3S. The van der Waals surface area contributed by atoms with Crippen molar-refractivity contribution in [3.63, 3.8) is 0 Å². The van der Waals surface area contributed by atoms with Gasteiger partial charge in [-0.05, 0) is 18.7 Å². The van der Waals surface area contributed by atoms with E-state index in [1.807, 2.05) is 6.92 Å². The van der Waals surface area contributed by atoms with Crippen LogP contribution in [0.2, 0.25) is 0 Å². The Balaban J connectivity index is 0.00000288. The Hall–Kier alpha value is -1.22. The summed E-state index contributed by atoms with van der Waals surface area (Å²) in [6.45, 7) is 5.29. The molecule has 0 aromatic heterocycles. The smallest absolute Gasteiger partial charge is 0.254 e. The van der Waals surface area contributed by atoms with E-state index in [-0.39, 0.29) is 30.3 Å². The van der Waals surface area contributed by atoms with Gasteiger partial charge < -0.3 is 10.2 Å². The van der Waals surface area contributed by atoms with Gasteiger partial charge in [-0.1, -0.05) is 19.1 Å². The number of carbonyl (C=O) groups is 1. The van der Waals surface area contributed by atoms with E-state index < -0.39 is 21.7 Å². The van der Waals surface area contributed by atoms with Crippen molar-refractivity contribution in [1.29, 1.82) is 0 Å². The molecular weight excluding hydrogens is 357 g/mol. The number of rotatable bonds is 6. The molecule has 0 radical (unpaired) electrons. The maximum Gasteiger partial charge on any atom is 0.254 e. The molecule has 0 spiro atoms. The molecule has 1 aromatic rings. The second kappa shape index (κ2) is 9.31. The molecule has 1 fully saturated rings. The van der Waals surface area contributed by atoms with Crippen LogP contribution in [0.5, 0.6) is 0 Å². The number of benzene rings is 1. The van der Waals surface area contributed by atoms with E-state index in [0.29, 0.717) is 13.1 Å². The number of nitrogens with zero attached hydrogens (tertiary/aromatic N) is 2. The summed E-state index contributed by atoms with van der Waals surface area (Å²) >= 11 is 0. The van der Waals surface area contributed by atoms with Gasteiger partial charge in [-0.15, -0.1) is 12.4 Å². The Kier molecular flexibility index (Phi) is 8.08. The maximum atomic E-state index is 13.5. The first-order chi connectivity index (χ1) is 10.9. The highest BCUT2D eigenvalue weighted by Gasteiger charge is 2.26. The van der Waals surface area contributed by atoms with Gasteiger partial charge in [0.25, 0.3) is 5.91 Å². The molecule has 1 N–H and O–H groups in total. The Morgan fingerprint density at radius 1 is 1.21 bits per heavy atom. The molecule has 24 heavy (non-hydrogen) atoms. The summed E-state index contributed by atoms with van der Waals surface area (Å²) in [7, 11) is -3.40. The fourth-order valence-electron chi connectivity index (χ4n) is 2.49. The summed E-state index contributed by atoms with van der Waals surface area (Å²) in [6, 6.07) is 5.61. The molecule has 0 aliphatic carbocycles. The number of piperazine rings is 1. The number of carbonyl (C=O) groups excluding carboxylic acids is 1. The van der Waals surface area contributed by atoms with Crippen LogP contribution >= 0.6 is 12.4 Å². The summed E-state index contributed by atoms with van der Waals surface area (Å²) in [5.41, 5.74) is -0.0820. The van der Waals surface area contributed by atoms with E-state index in [9.17, 15) is 17.6 Å². The van der Waals surface area contributed by atoms with E-state index >= 15 is 0 Å². The molecule has 1 heterocycles. The van der Waals surface area contributed by atoms with Crippen molar-refractivity contribution < 1.29 is 17.6 Å². The summed E-state index contributed by atoms with van der Waals surface area (Å²) in [6.07, 6.45) is 0. The maximum absolute atomic E-state index is 13.5. The standard InChI is InChI=1S/C15H22FN3O3S.ClH/c1-2-18-8-10-19(11-9-18)23(21,22)12-7-17-15(20)13-5-3-4-6-14(13)16;/h3-6H,2,7-12H2,1H3,(H,17,20);1H. The van der Waals surface area contributed by atoms with Gasteiger partial charge in [0.1, 0.15) is 5.82 Å². The number of likely N-dealkylation sites (N-methyl/N-ethyl adjacent to an activating group) is 1. The van der Waals surface area contributed by atoms with Crippen LogP contribution in [-0.2, 0) is 10.0 Å². The van der Waals surface area contributed by atoms with Crippen LogP contribution in [-0.4, -0.2) is 68.6 Å². The summed E-state index contributed by atoms with van der Waals surface area (Å²) < 4.78 is 39.4. The monoisotopic (exact) mass is 379 g/mol. The number of nitrogens with one attached hydrogen (secondary N) is 1. The number of hydrogen-bond acceptors (Lipinski definition) is 4. The van der Waals surface area contributed by atoms with Gasteiger partial charge in [0.05, 0.1) is 11.3 Å². The van der Waals surface area contributed by atoms with Crippen molar-refractivity contribution in [2.45, 2.75) is 6.92 Å². The quantitative estimate of drug-likeness (QED) is 0.798. The summed E-state index contributed by atoms with van der Waals surface area (Å²) in [5, 5.41) is 2.46. The lowest BCUT2D eigenvalue weighted by Gasteiger charge is -2.33.